The van der Waals surface area contributed by atoms with Crippen LogP contribution in [0.2, 0.25) is 0 Å². The number of aromatic amines is 1. The van der Waals surface area contributed by atoms with E-state index in [9.17, 15) is 18.7 Å². The van der Waals surface area contributed by atoms with Crippen molar-refractivity contribution in [2.24, 2.45) is 0 Å². The van der Waals surface area contributed by atoms with Gasteiger partial charge in [-0.25, -0.2) is 0 Å². The molecule has 1 aromatic carbocycles. The van der Waals surface area contributed by atoms with Gasteiger partial charge in [0.15, 0.2) is 11.6 Å². The predicted molar refractivity (Wildman–Crippen MR) is 107 cm³/mol. The number of hydrogen-bond acceptors (Lipinski definition) is 5. The van der Waals surface area contributed by atoms with Gasteiger partial charge in [-0.3, -0.25) is 4.79 Å². The number of halogens is 2. The minimum Gasteiger partial charge on any atom is -0.506 e. The van der Waals surface area contributed by atoms with Gasteiger partial charge in [0, 0.05) is 31.0 Å². The average molecular weight is 419 g/mol. The first-order chi connectivity index (χ1) is 14.5. The normalized spacial score (nSPS) is 17.7. The molecule has 1 unspecified atom stereocenters. The zero-order valence-electron chi connectivity index (χ0n) is 16.8. The maximum absolute atomic E-state index is 14.4. The number of tetrazole rings is 1. The smallest absolute Gasteiger partial charge is 0.328 e. The monoisotopic (exact) mass is 419 g/mol. The minimum atomic E-state index is -3.44. The molecule has 0 aliphatic carbocycles. The number of carbonyl (C=O) groups excluding carboxylic acids is 1. The number of aliphatic hydroxyl groups is 1. The zero-order chi connectivity index (χ0) is 21.4. The fourth-order valence-electron chi connectivity index (χ4n) is 3.72. The fraction of sp³-hybridized carbons (Fsp3) is 0.524. The van der Waals surface area contributed by atoms with Crippen LogP contribution in [0.15, 0.2) is 42.2 Å². The summed E-state index contributed by atoms with van der Waals surface area (Å²) in [7, 11) is 0. The van der Waals surface area contributed by atoms with Crippen LogP contribution in [-0.4, -0.2) is 49.1 Å². The number of aryl methyl sites for hydroxylation is 1. The Morgan fingerprint density at radius 2 is 2.00 bits per heavy atom. The first-order valence-corrected chi connectivity index (χ1v) is 10.3. The SMILES string of the molecule is O=C1CCC(CC=C(O)C(F)(F)c2ccccc2)N1CCCCCCc1nn[nH]n1. The summed E-state index contributed by atoms with van der Waals surface area (Å²) in [5.74, 6) is -3.65. The molecule has 0 spiro atoms. The van der Waals surface area contributed by atoms with Crippen molar-refractivity contribution in [3.05, 3.63) is 53.6 Å². The van der Waals surface area contributed by atoms with Crippen molar-refractivity contribution in [3.63, 3.8) is 0 Å². The van der Waals surface area contributed by atoms with Gasteiger partial charge in [0.25, 0.3) is 0 Å². The number of benzene rings is 1. The number of hydrogen-bond donors (Lipinski definition) is 2. The van der Waals surface area contributed by atoms with Crippen LogP contribution in [-0.2, 0) is 17.1 Å². The minimum absolute atomic E-state index is 0.0505. The Morgan fingerprint density at radius 1 is 1.23 bits per heavy atom. The molecule has 1 aliphatic heterocycles. The molecule has 1 saturated heterocycles. The fourth-order valence-corrected chi connectivity index (χ4v) is 3.72. The summed E-state index contributed by atoms with van der Waals surface area (Å²) in [6.07, 6.45) is 6.94. The van der Waals surface area contributed by atoms with Crippen LogP contribution in [0.4, 0.5) is 8.78 Å². The van der Waals surface area contributed by atoms with Gasteiger partial charge in [0.2, 0.25) is 5.91 Å². The van der Waals surface area contributed by atoms with E-state index in [0.29, 0.717) is 25.2 Å². The lowest BCUT2D eigenvalue weighted by Gasteiger charge is -2.24. The highest BCUT2D eigenvalue weighted by atomic mass is 19.3. The molecule has 7 nitrogen and oxygen atoms in total. The molecular weight excluding hydrogens is 392 g/mol. The van der Waals surface area contributed by atoms with Crippen LogP contribution in [0, 0.1) is 0 Å². The third kappa shape index (κ3) is 5.61. The number of alkyl halides is 2. The van der Waals surface area contributed by atoms with Gasteiger partial charge in [-0.2, -0.15) is 14.0 Å². The molecule has 2 heterocycles. The van der Waals surface area contributed by atoms with Gasteiger partial charge in [0.05, 0.1) is 0 Å². The number of nitrogens with one attached hydrogen (secondary N) is 1. The number of nitrogens with zero attached hydrogens (tertiary/aromatic N) is 4. The van der Waals surface area contributed by atoms with Gasteiger partial charge in [-0.15, -0.1) is 10.2 Å². The number of aromatic nitrogens is 4. The number of unbranched alkanes of at least 4 members (excludes halogenated alkanes) is 3. The Labute approximate surface area is 174 Å². The summed E-state index contributed by atoms with van der Waals surface area (Å²) in [4.78, 5) is 14.0. The summed E-state index contributed by atoms with van der Waals surface area (Å²) in [6.45, 7) is 0.607. The predicted octanol–water partition coefficient (Wildman–Crippen LogP) is 3.92. The van der Waals surface area contributed by atoms with Gasteiger partial charge >= 0.3 is 5.92 Å². The lowest BCUT2D eigenvalue weighted by Crippen LogP contribution is -2.33. The maximum Gasteiger partial charge on any atom is 0.328 e. The Bertz CT molecular complexity index is 827. The van der Waals surface area contributed by atoms with Gasteiger partial charge in [0.1, 0.15) is 0 Å². The zero-order valence-corrected chi connectivity index (χ0v) is 16.8. The molecule has 2 N–H and O–H groups in total. The van der Waals surface area contributed by atoms with Crippen LogP contribution in [0.1, 0.15) is 56.3 Å². The van der Waals surface area contributed by atoms with Crippen LogP contribution in [0.3, 0.4) is 0 Å². The van der Waals surface area contributed by atoms with Crippen LogP contribution >= 0.6 is 0 Å². The van der Waals surface area contributed by atoms with E-state index >= 15 is 0 Å². The Morgan fingerprint density at radius 3 is 2.73 bits per heavy atom. The molecule has 0 saturated carbocycles. The number of amides is 1. The van der Waals surface area contributed by atoms with Crippen molar-refractivity contribution in [3.8, 4) is 0 Å². The second-order valence-electron chi connectivity index (χ2n) is 7.54. The topological polar surface area (TPSA) is 95.0 Å². The molecule has 1 atom stereocenters. The number of likely N-dealkylation sites (tertiary alicyclic amines) is 1. The highest BCUT2D eigenvalue weighted by Gasteiger charge is 2.37. The van der Waals surface area contributed by atoms with Gasteiger partial charge in [-0.1, -0.05) is 48.4 Å². The van der Waals surface area contributed by atoms with Crippen LogP contribution in [0.25, 0.3) is 0 Å². The third-order valence-electron chi connectivity index (χ3n) is 5.43. The number of aliphatic hydroxyl groups excluding tert-OH is 1. The largest absolute Gasteiger partial charge is 0.506 e. The van der Waals surface area contributed by atoms with Crippen molar-refractivity contribution in [2.75, 3.05) is 6.54 Å². The van der Waals surface area contributed by atoms with E-state index in [4.69, 9.17) is 0 Å². The number of allylic oxidation sites excluding steroid dienone is 1. The Balaban J connectivity index is 1.45. The summed E-state index contributed by atoms with van der Waals surface area (Å²) in [5.41, 5.74) is -0.251. The lowest BCUT2D eigenvalue weighted by molar-refractivity contribution is -0.129. The van der Waals surface area contributed by atoms with Gasteiger partial charge in [-0.05, 0) is 31.8 Å². The van der Waals surface area contributed by atoms with E-state index in [0.717, 1.165) is 38.2 Å². The summed E-state index contributed by atoms with van der Waals surface area (Å²) < 4.78 is 28.8. The number of rotatable bonds is 11. The molecule has 2 aromatic rings. The quantitative estimate of drug-likeness (QED) is 0.425. The molecule has 1 amide bonds. The van der Waals surface area contributed by atoms with Crippen molar-refractivity contribution >= 4 is 5.91 Å². The summed E-state index contributed by atoms with van der Waals surface area (Å²) in [6, 6.07) is 7.09. The van der Waals surface area contributed by atoms with E-state index in [2.05, 4.69) is 20.6 Å². The van der Waals surface area contributed by atoms with E-state index < -0.39 is 11.7 Å². The number of carbonyl (C=O) groups is 1. The Kier molecular flexibility index (Phi) is 7.48. The average Bonchev–Trinajstić information content (AvgIpc) is 3.39. The number of H-pyrrole nitrogens is 1. The Hall–Kier alpha value is -2.84. The highest BCUT2D eigenvalue weighted by Crippen LogP contribution is 2.35. The van der Waals surface area contributed by atoms with E-state index in [1.807, 2.05) is 0 Å². The second kappa shape index (κ2) is 10.3. The van der Waals surface area contributed by atoms with E-state index in [1.54, 1.807) is 11.0 Å². The van der Waals surface area contributed by atoms with Crippen molar-refractivity contribution in [2.45, 2.75) is 63.3 Å². The second-order valence-corrected chi connectivity index (χ2v) is 7.54. The molecule has 1 aromatic heterocycles. The highest BCUT2D eigenvalue weighted by molar-refractivity contribution is 5.78. The molecule has 162 valence electrons. The molecule has 1 aliphatic rings. The third-order valence-corrected chi connectivity index (χ3v) is 5.43. The molecule has 9 heteroatoms. The van der Waals surface area contributed by atoms with Crippen molar-refractivity contribution < 1.29 is 18.7 Å². The first kappa shape index (κ1) is 21.9. The van der Waals surface area contributed by atoms with Crippen LogP contribution < -0.4 is 0 Å². The molecule has 0 bridgehead atoms. The maximum atomic E-state index is 14.4. The standard InChI is InChI=1S/C21H27F2N5O2/c22-21(23,16-8-4-3-5-9-16)18(29)13-11-17-12-14-20(30)28(17)15-7-2-1-6-10-19-24-26-27-25-19/h3-5,8-9,13,17,29H,1-2,6-7,10-12,14-15H2,(H,24,25,26,27). The summed E-state index contributed by atoms with van der Waals surface area (Å²) >= 11 is 0. The molecule has 0 radical (unpaired) electrons. The molecule has 30 heavy (non-hydrogen) atoms. The molecule has 1 fully saturated rings. The van der Waals surface area contributed by atoms with Crippen LogP contribution in [0.5, 0.6) is 0 Å². The first-order valence-electron chi connectivity index (χ1n) is 10.3. The van der Waals surface area contributed by atoms with Crippen molar-refractivity contribution in [1.29, 1.82) is 0 Å². The van der Waals surface area contributed by atoms with Crippen molar-refractivity contribution in [1.82, 2.24) is 25.5 Å². The molecule has 3 rings (SSSR count). The van der Waals surface area contributed by atoms with E-state index in [1.165, 1.54) is 24.3 Å². The van der Waals surface area contributed by atoms with Gasteiger partial charge < -0.3 is 10.0 Å². The molecular formula is C21H27F2N5O2. The van der Waals surface area contributed by atoms with E-state index in [-0.39, 0.29) is 23.9 Å². The lowest BCUT2D eigenvalue weighted by atomic mass is 10.0. The summed E-state index contributed by atoms with van der Waals surface area (Å²) in [5, 5.41) is 23.7.